The predicted molar refractivity (Wildman–Crippen MR) is 136 cm³/mol. The highest BCUT2D eigenvalue weighted by Gasteiger charge is 2.51. The second-order valence-corrected chi connectivity index (χ2v) is 11.0. The number of nitrogens with zero attached hydrogens (tertiary/aromatic N) is 2. The van der Waals surface area contributed by atoms with Crippen LogP contribution in [0.25, 0.3) is 0 Å². The van der Waals surface area contributed by atoms with E-state index in [4.69, 9.17) is 9.47 Å². The van der Waals surface area contributed by atoms with Gasteiger partial charge >= 0.3 is 0 Å². The average molecular weight is 593 g/mol. The van der Waals surface area contributed by atoms with Gasteiger partial charge in [0, 0.05) is 17.4 Å². The Bertz CT molecular complexity index is 1190. The van der Waals surface area contributed by atoms with Crippen molar-refractivity contribution in [1.29, 1.82) is 5.26 Å². The molecule has 0 amide bonds. The Kier molecular flexibility index (Phi) is 7.02. The number of fused-ring (bicyclic) bond motifs is 3. The van der Waals surface area contributed by atoms with Crippen LogP contribution in [0.3, 0.4) is 0 Å². The molecular weight excluding hydrogens is 559 g/mol. The first kappa shape index (κ1) is 25.1. The van der Waals surface area contributed by atoms with Crippen LogP contribution in [-0.2, 0) is 12.0 Å². The molecule has 36 heavy (non-hydrogen) atoms. The molecule has 1 saturated carbocycles. The second-order valence-electron chi connectivity index (χ2n) is 11.0. The van der Waals surface area contributed by atoms with Crippen LogP contribution < -0.4 is 33.5 Å². The highest BCUT2D eigenvalue weighted by molar-refractivity contribution is 5.46. The fourth-order valence-electron chi connectivity index (χ4n) is 7.22. The maximum Gasteiger partial charge on any atom is 0.231 e. The summed E-state index contributed by atoms with van der Waals surface area (Å²) in [6.07, 6.45) is 3.45. The third kappa shape index (κ3) is 4.50. The molecule has 4 nitrogen and oxygen atoms in total. The van der Waals surface area contributed by atoms with Crippen molar-refractivity contribution in [3.05, 3.63) is 95.6 Å². The predicted octanol–water partition coefficient (Wildman–Crippen LogP) is 2.92. The van der Waals surface area contributed by atoms with E-state index in [0.29, 0.717) is 24.5 Å². The van der Waals surface area contributed by atoms with Crippen LogP contribution in [0.2, 0.25) is 0 Å². The summed E-state index contributed by atoms with van der Waals surface area (Å²) in [6, 6.07) is 30.1. The minimum absolute atomic E-state index is 0. The number of hydrogen-bond acceptors (Lipinski definition) is 3. The molecule has 3 aromatic carbocycles. The van der Waals surface area contributed by atoms with Crippen LogP contribution in [0.5, 0.6) is 11.5 Å². The molecule has 2 atom stereocenters. The largest absolute Gasteiger partial charge is 1.00 e. The molecule has 1 aliphatic carbocycles. The van der Waals surface area contributed by atoms with Gasteiger partial charge in [0.15, 0.2) is 11.5 Å². The zero-order chi connectivity index (χ0) is 23.9. The lowest BCUT2D eigenvalue weighted by Crippen LogP contribution is -3.00. The summed E-state index contributed by atoms with van der Waals surface area (Å²) in [5.41, 5.74) is 2.95. The average Bonchev–Trinajstić information content (AvgIpc) is 3.45. The van der Waals surface area contributed by atoms with Crippen molar-refractivity contribution in [1.82, 2.24) is 0 Å². The molecule has 1 saturated heterocycles. The molecule has 3 aromatic rings. The fourth-order valence-corrected chi connectivity index (χ4v) is 7.22. The second kappa shape index (κ2) is 10.1. The summed E-state index contributed by atoms with van der Waals surface area (Å²) in [5.74, 6) is 3.58. The SMILES string of the molecule is C[N+]1(Cc2ccc3c(c2)OCO3)CC2CCC(C1)C2CC(C#N)(c1ccccc1)c1ccccc1.[I-]. The summed E-state index contributed by atoms with van der Waals surface area (Å²) in [7, 11) is 2.41. The summed E-state index contributed by atoms with van der Waals surface area (Å²) < 4.78 is 12.2. The highest BCUT2D eigenvalue weighted by atomic mass is 127. The van der Waals surface area contributed by atoms with E-state index in [1.807, 2.05) is 18.2 Å². The molecule has 2 aliphatic heterocycles. The van der Waals surface area contributed by atoms with Gasteiger partial charge in [0.1, 0.15) is 12.0 Å². The van der Waals surface area contributed by atoms with Gasteiger partial charge < -0.3 is 37.9 Å². The Hall–Kier alpha value is -2.56. The lowest BCUT2D eigenvalue weighted by Gasteiger charge is -2.46. The molecule has 0 N–H and O–H groups in total. The van der Waals surface area contributed by atoms with Crippen molar-refractivity contribution < 1.29 is 37.9 Å². The quantitative estimate of drug-likeness (QED) is 0.327. The number of hydrogen-bond donors (Lipinski definition) is 0. The molecule has 2 unspecified atom stereocenters. The first-order valence-corrected chi connectivity index (χ1v) is 12.8. The summed E-state index contributed by atoms with van der Waals surface area (Å²) in [6.45, 7) is 3.67. The molecule has 3 aliphatic rings. The van der Waals surface area contributed by atoms with Crippen LogP contribution in [-0.4, -0.2) is 31.4 Å². The number of ether oxygens (including phenoxy) is 2. The standard InChI is InChI=1S/C31H33N2O2.HI/c1-33(18-23-12-15-29-30(16-23)35-22-34-29)19-24-13-14-25(20-33)28(24)17-31(21-32,26-8-4-2-5-9-26)27-10-6-3-7-11-27;/h2-12,15-16,24-25,28H,13-14,17-20,22H2,1H3;1H/q+1;/p-1. The van der Waals surface area contributed by atoms with Gasteiger partial charge in [-0.25, -0.2) is 0 Å². The first-order valence-electron chi connectivity index (χ1n) is 12.8. The Labute approximate surface area is 231 Å². The Morgan fingerprint density at radius 2 is 1.44 bits per heavy atom. The van der Waals surface area contributed by atoms with Gasteiger partial charge in [0.25, 0.3) is 0 Å². The highest BCUT2D eigenvalue weighted by Crippen LogP contribution is 2.51. The number of likely N-dealkylation sites (tertiary alicyclic amines) is 1. The van der Waals surface area contributed by atoms with Crippen molar-refractivity contribution in [3.8, 4) is 17.6 Å². The smallest absolute Gasteiger partial charge is 0.231 e. The number of quaternary nitrogens is 1. The molecule has 2 fully saturated rings. The molecule has 0 radical (unpaired) electrons. The molecular formula is C31H33IN2O2. The summed E-state index contributed by atoms with van der Waals surface area (Å²) >= 11 is 0. The lowest BCUT2D eigenvalue weighted by molar-refractivity contribution is -0.933. The molecule has 0 aromatic heterocycles. The molecule has 2 bridgehead atoms. The van der Waals surface area contributed by atoms with E-state index in [1.165, 1.54) is 31.5 Å². The van der Waals surface area contributed by atoms with Crippen molar-refractivity contribution in [3.63, 3.8) is 0 Å². The Balaban J connectivity index is 0.00000267. The van der Waals surface area contributed by atoms with Crippen LogP contribution in [0.1, 0.15) is 36.0 Å². The summed E-state index contributed by atoms with van der Waals surface area (Å²) in [4.78, 5) is 0. The third-order valence-electron chi connectivity index (χ3n) is 8.74. The van der Waals surface area contributed by atoms with Gasteiger partial charge in [-0.3, -0.25) is 0 Å². The van der Waals surface area contributed by atoms with Crippen LogP contribution in [0.15, 0.2) is 78.9 Å². The van der Waals surface area contributed by atoms with Crippen LogP contribution in [0.4, 0.5) is 0 Å². The van der Waals surface area contributed by atoms with E-state index in [9.17, 15) is 5.26 Å². The normalized spacial score (nSPS) is 26.2. The van der Waals surface area contributed by atoms with Crippen LogP contribution in [0, 0.1) is 29.1 Å². The first-order chi connectivity index (χ1) is 17.1. The molecule has 2 heterocycles. The Morgan fingerprint density at radius 1 is 0.861 bits per heavy atom. The van der Waals surface area contributed by atoms with Gasteiger partial charge in [-0.1, -0.05) is 60.7 Å². The zero-order valence-corrected chi connectivity index (χ0v) is 22.9. The minimum Gasteiger partial charge on any atom is -1.00 e. The van der Waals surface area contributed by atoms with E-state index >= 15 is 0 Å². The van der Waals surface area contributed by atoms with Gasteiger partial charge in [0.05, 0.1) is 26.2 Å². The van der Waals surface area contributed by atoms with E-state index in [2.05, 4.69) is 73.8 Å². The zero-order valence-electron chi connectivity index (χ0n) is 20.8. The number of piperidine rings is 1. The lowest BCUT2D eigenvalue weighted by atomic mass is 9.66. The minimum atomic E-state index is -0.605. The van der Waals surface area contributed by atoms with Gasteiger partial charge in [0.2, 0.25) is 6.79 Å². The molecule has 5 heteroatoms. The van der Waals surface area contributed by atoms with E-state index in [0.717, 1.165) is 40.1 Å². The Morgan fingerprint density at radius 3 is 2.03 bits per heavy atom. The molecule has 0 spiro atoms. The fraction of sp³-hybridized carbons (Fsp3) is 0.387. The topological polar surface area (TPSA) is 42.2 Å². The van der Waals surface area contributed by atoms with Crippen molar-refractivity contribution in [2.75, 3.05) is 26.9 Å². The number of rotatable bonds is 6. The number of nitriles is 1. The van der Waals surface area contributed by atoms with E-state index < -0.39 is 5.41 Å². The van der Waals surface area contributed by atoms with Crippen LogP contribution >= 0.6 is 0 Å². The van der Waals surface area contributed by atoms with E-state index in [-0.39, 0.29) is 24.0 Å². The molecule has 186 valence electrons. The summed E-state index contributed by atoms with van der Waals surface area (Å²) in [5, 5.41) is 10.7. The molecule has 6 rings (SSSR count). The number of halogens is 1. The monoisotopic (exact) mass is 592 g/mol. The maximum absolute atomic E-state index is 10.7. The van der Waals surface area contributed by atoms with Gasteiger partial charge in [-0.15, -0.1) is 0 Å². The van der Waals surface area contributed by atoms with Crippen molar-refractivity contribution in [2.24, 2.45) is 17.8 Å². The van der Waals surface area contributed by atoms with Gasteiger partial charge in [-0.2, -0.15) is 5.26 Å². The van der Waals surface area contributed by atoms with E-state index in [1.54, 1.807) is 0 Å². The van der Waals surface area contributed by atoms with Gasteiger partial charge in [-0.05, 0) is 54.5 Å². The maximum atomic E-state index is 10.7. The van der Waals surface area contributed by atoms with Crippen molar-refractivity contribution >= 4 is 0 Å². The van der Waals surface area contributed by atoms with Crippen molar-refractivity contribution in [2.45, 2.75) is 31.2 Å². The third-order valence-corrected chi connectivity index (χ3v) is 8.74. The number of benzene rings is 3.